The highest BCUT2D eigenvalue weighted by molar-refractivity contribution is 9.10. The van der Waals surface area contributed by atoms with Gasteiger partial charge in [-0.15, -0.1) is 0 Å². The van der Waals surface area contributed by atoms with Gasteiger partial charge in [0.1, 0.15) is 0 Å². The number of aliphatic hydroxyl groups excluding tert-OH is 1. The van der Waals surface area contributed by atoms with Crippen molar-refractivity contribution in [3.63, 3.8) is 0 Å². The lowest BCUT2D eigenvalue weighted by molar-refractivity contribution is 0.147. The van der Waals surface area contributed by atoms with Crippen molar-refractivity contribution < 1.29 is 13.9 Å². The minimum absolute atomic E-state index is 0.196. The number of rotatable bonds is 4. The van der Waals surface area contributed by atoms with Crippen molar-refractivity contribution in [3.8, 4) is 0 Å². The molecule has 2 rings (SSSR count). The van der Waals surface area contributed by atoms with E-state index in [0.29, 0.717) is 5.56 Å². The second-order valence-electron chi connectivity index (χ2n) is 4.51. The fourth-order valence-corrected chi connectivity index (χ4v) is 2.35. The summed E-state index contributed by atoms with van der Waals surface area (Å²) < 4.78 is 27.1. The zero-order valence-corrected chi connectivity index (χ0v) is 12.1. The average molecular weight is 342 g/mol. The van der Waals surface area contributed by atoms with Crippen LogP contribution in [0.5, 0.6) is 0 Å². The number of hydrogen-bond donors (Lipinski definition) is 2. The van der Waals surface area contributed by atoms with Gasteiger partial charge in [0.15, 0.2) is 11.6 Å². The Balaban J connectivity index is 2.30. The highest BCUT2D eigenvalue weighted by atomic mass is 79.9. The van der Waals surface area contributed by atoms with Crippen LogP contribution in [0.25, 0.3) is 0 Å². The largest absolute Gasteiger partial charge is 0.388 e. The molecule has 0 aliphatic heterocycles. The van der Waals surface area contributed by atoms with Gasteiger partial charge in [-0.3, -0.25) is 0 Å². The predicted molar refractivity (Wildman–Crippen MR) is 77.3 cm³/mol. The summed E-state index contributed by atoms with van der Waals surface area (Å²) in [6.45, 7) is 0.196. The molecule has 0 radical (unpaired) electrons. The number of nitrogens with two attached hydrogens (primary N) is 1. The van der Waals surface area contributed by atoms with Gasteiger partial charge in [0.2, 0.25) is 0 Å². The summed E-state index contributed by atoms with van der Waals surface area (Å²) in [5.74, 6) is -2.30. The van der Waals surface area contributed by atoms with E-state index in [1.165, 1.54) is 6.07 Å². The molecule has 0 saturated carbocycles. The summed E-state index contributed by atoms with van der Waals surface area (Å²) in [4.78, 5) is 0. The lowest BCUT2D eigenvalue weighted by Crippen LogP contribution is -2.20. The zero-order chi connectivity index (χ0) is 14.7. The first kappa shape index (κ1) is 15.1. The Bertz CT molecular complexity index is 589. The second kappa shape index (κ2) is 6.43. The van der Waals surface area contributed by atoms with Crippen LogP contribution >= 0.6 is 15.9 Å². The summed E-state index contributed by atoms with van der Waals surface area (Å²) in [6, 6.07) is 10.7. The molecule has 0 heterocycles. The molecular weight excluding hydrogens is 328 g/mol. The summed E-state index contributed by atoms with van der Waals surface area (Å²) in [5.41, 5.74) is 6.86. The molecule has 2 aromatic carbocycles. The maximum Gasteiger partial charge on any atom is 0.159 e. The molecule has 0 aromatic heterocycles. The fraction of sp³-hybridized carbons (Fsp3) is 0.200. The lowest BCUT2D eigenvalue weighted by Gasteiger charge is -2.22. The van der Waals surface area contributed by atoms with Crippen LogP contribution in [0.1, 0.15) is 23.1 Å². The van der Waals surface area contributed by atoms with Crippen LogP contribution in [0.3, 0.4) is 0 Å². The molecule has 5 heteroatoms. The van der Waals surface area contributed by atoms with Crippen molar-refractivity contribution >= 4 is 15.9 Å². The molecule has 0 amide bonds. The van der Waals surface area contributed by atoms with Crippen LogP contribution in [0.15, 0.2) is 46.9 Å². The molecule has 0 spiro atoms. The Labute approximate surface area is 124 Å². The van der Waals surface area contributed by atoms with Crippen molar-refractivity contribution in [2.24, 2.45) is 5.73 Å². The minimum Gasteiger partial charge on any atom is -0.388 e. The number of hydrogen-bond acceptors (Lipinski definition) is 2. The molecule has 2 nitrogen and oxygen atoms in total. The van der Waals surface area contributed by atoms with Crippen LogP contribution < -0.4 is 5.73 Å². The fourth-order valence-electron chi connectivity index (χ4n) is 2.09. The van der Waals surface area contributed by atoms with Crippen LogP contribution in [0, 0.1) is 11.6 Å². The van der Waals surface area contributed by atoms with Gasteiger partial charge >= 0.3 is 0 Å². The van der Waals surface area contributed by atoms with Crippen molar-refractivity contribution in [2.45, 2.75) is 12.0 Å². The van der Waals surface area contributed by atoms with Crippen LogP contribution in [-0.2, 0) is 0 Å². The number of benzene rings is 2. The third-order valence-corrected chi connectivity index (χ3v) is 3.75. The maximum atomic E-state index is 13.2. The summed E-state index contributed by atoms with van der Waals surface area (Å²) >= 11 is 3.33. The Kier molecular flexibility index (Phi) is 4.86. The minimum atomic E-state index is -0.990. The standard InChI is InChI=1S/C15H14BrF2NO/c16-11-4-1-9(2-5-11)12(8-19)15(20)10-3-6-13(17)14(18)7-10/h1-7,12,15,20H,8,19H2. The lowest BCUT2D eigenvalue weighted by atomic mass is 9.89. The molecule has 0 aliphatic carbocycles. The van der Waals surface area contributed by atoms with E-state index >= 15 is 0 Å². The highest BCUT2D eigenvalue weighted by Crippen LogP contribution is 2.31. The molecule has 2 unspecified atom stereocenters. The van der Waals surface area contributed by atoms with Gasteiger partial charge < -0.3 is 10.8 Å². The molecule has 20 heavy (non-hydrogen) atoms. The van der Waals surface area contributed by atoms with Crippen molar-refractivity contribution in [3.05, 3.63) is 69.7 Å². The Hall–Kier alpha value is -1.30. The molecule has 0 saturated heterocycles. The van der Waals surface area contributed by atoms with Gasteiger partial charge in [0, 0.05) is 16.9 Å². The summed E-state index contributed by atoms with van der Waals surface area (Å²) in [5, 5.41) is 10.3. The van der Waals surface area contributed by atoms with Crippen molar-refractivity contribution in [2.75, 3.05) is 6.54 Å². The van der Waals surface area contributed by atoms with E-state index in [2.05, 4.69) is 15.9 Å². The first-order valence-corrected chi connectivity index (χ1v) is 6.90. The van der Waals surface area contributed by atoms with E-state index < -0.39 is 17.7 Å². The predicted octanol–water partition coefficient (Wildman–Crippen LogP) is 3.50. The second-order valence-corrected chi connectivity index (χ2v) is 5.43. The molecular formula is C15H14BrF2NO. The number of halogens is 3. The number of aliphatic hydroxyl groups is 1. The molecule has 106 valence electrons. The van der Waals surface area contributed by atoms with Crippen LogP contribution in [0.4, 0.5) is 8.78 Å². The van der Waals surface area contributed by atoms with E-state index in [1.807, 2.05) is 24.3 Å². The third-order valence-electron chi connectivity index (χ3n) is 3.22. The Morgan fingerprint density at radius 3 is 2.15 bits per heavy atom. The normalized spacial score (nSPS) is 14.1. The van der Waals surface area contributed by atoms with Crippen LogP contribution in [-0.4, -0.2) is 11.7 Å². The zero-order valence-electron chi connectivity index (χ0n) is 10.6. The Morgan fingerprint density at radius 2 is 1.60 bits per heavy atom. The Morgan fingerprint density at radius 1 is 1.00 bits per heavy atom. The van der Waals surface area contributed by atoms with E-state index in [0.717, 1.165) is 22.2 Å². The molecule has 0 fully saturated rings. The molecule has 0 aliphatic rings. The maximum absolute atomic E-state index is 13.2. The summed E-state index contributed by atoms with van der Waals surface area (Å²) in [7, 11) is 0. The third kappa shape index (κ3) is 3.23. The van der Waals surface area contributed by atoms with E-state index in [1.54, 1.807) is 0 Å². The van der Waals surface area contributed by atoms with E-state index in [9.17, 15) is 13.9 Å². The van der Waals surface area contributed by atoms with Crippen LogP contribution in [0.2, 0.25) is 0 Å². The first-order valence-electron chi connectivity index (χ1n) is 6.11. The van der Waals surface area contributed by atoms with E-state index in [4.69, 9.17) is 5.73 Å². The molecule has 2 aromatic rings. The highest BCUT2D eigenvalue weighted by Gasteiger charge is 2.22. The molecule has 2 atom stereocenters. The van der Waals surface area contributed by atoms with Gasteiger partial charge in [-0.05, 0) is 35.4 Å². The molecule has 0 bridgehead atoms. The smallest absolute Gasteiger partial charge is 0.159 e. The monoisotopic (exact) mass is 341 g/mol. The average Bonchev–Trinajstić information content (AvgIpc) is 2.44. The van der Waals surface area contributed by atoms with Gasteiger partial charge in [-0.2, -0.15) is 0 Å². The first-order chi connectivity index (χ1) is 9.52. The topological polar surface area (TPSA) is 46.2 Å². The van der Waals surface area contributed by atoms with Crippen molar-refractivity contribution in [1.82, 2.24) is 0 Å². The SMILES string of the molecule is NCC(c1ccc(Br)cc1)C(O)c1ccc(F)c(F)c1. The van der Waals surface area contributed by atoms with Gasteiger partial charge in [0.25, 0.3) is 0 Å². The van der Waals surface area contributed by atoms with E-state index in [-0.39, 0.29) is 12.5 Å². The van der Waals surface area contributed by atoms with Crippen molar-refractivity contribution in [1.29, 1.82) is 0 Å². The van der Waals surface area contributed by atoms with Gasteiger partial charge in [-0.1, -0.05) is 34.1 Å². The molecule has 3 N–H and O–H groups in total. The van der Waals surface area contributed by atoms with Gasteiger partial charge in [0.05, 0.1) is 6.10 Å². The van der Waals surface area contributed by atoms with Gasteiger partial charge in [-0.25, -0.2) is 8.78 Å². The quantitative estimate of drug-likeness (QED) is 0.893. The summed E-state index contributed by atoms with van der Waals surface area (Å²) in [6.07, 6.45) is -0.990.